The SMILES string of the molecule is CCCNCCc1nnc(C2CCOc3ccccc32)o1. The lowest BCUT2D eigenvalue weighted by Gasteiger charge is -2.23. The summed E-state index contributed by atoms with van der Waals surface area (Å²) in [5, 5.41) is 11.7. The second kappa shape index (κ2) is 6.72. The maximum atomic E-state index is 5.84. The van der Waals surface area contributed by atoms with Crippen LogP contribution in [-0.2, 0) is 6.42 Å². The van der Waals surface area contributed by atoms with E-state index >= 15 is 0 Å². The van der Waals surface area contributed by atoms with Gasteiger partial charge in [-0.3, -0.25) is 0 Å². The average Bonchev–Trinajstić information content (AvgIpc) is 3.00. The summed E-state index contributed by atoms with van der Waals surface area (Å²) in [6.07, 6.45) is 2.79. The summed E-state index contributed by atoms with van der Waals surface area (Å²) in [4.78, 5) is 0. The molecule has 5 nitrogen and oxygen atoms in total. The quantitative estimate of drug-likeness (QED) is 0.827. The van der Waals surface area contributed by atoms with Crippen LogP contribution in [0, 0.1) is 0 Å². The predicted molar refractivity (Wildman–Crippen MR) is 79.6 cm³/mol. The van der Waals surface area contributed by atoms with E-state index in [1.807, 2.05) is 18.2 Å². The lowest BCUT2D eigenvalue weighted by molar-refractivity contribution is 0.263. The molecule has 3 rings (SSSR count). The Morgan fingerprint density at radius 3 is 3.05 bits per heavy atom. The Morgan fingerprint density at radius 1 is 1.24 bits per heavy atom. The lowest BCUT2D eigenvalue weighted by Crippen LogP contribution is -2.17. The van der Waals surface area contributed by atoms with E-state index in [2.05, 4.69) is 28.5 Å². The molecule has 1 unspecified atom stereocenters. The van der Waals surface area contributed by atoms with Gasteiger partial charge in [0.15, 0.2) is 0 Å². The second-order valence-corrected chi connectivity index (χ2v) is 5.26. The highest BCUT2D eigenvalue weighted by Gasteiger charge is 2.27. The van der Waals surface area contributed by atoms with Crippen molar-refractivity contribution in [3.8, 4) is 5.75 Å². The molecule has 1 atom stereocenters. The molecule has 112 valence electrons. The zero-order valence-electron chi connectivity index (χ0n) is 12.3. The Balaban J connectivity index is 1.69. The maximum absolute atomic E-state index is 5.84. The molecule has 0 saturated carbocycles. The van der Waals surface area contributed by atoms with Crippen molar-refractivity contribution in [3.63, 3.8) is 0 Å². The number of ether oxygens (including phenoxy) is 1. The minimum absolute atomic E-state index is 0.153. The lowest BCUT2D eigenvalue weighted by atomic mass is 9.93. The van der Waals surface area contributed by atoms with Gasteiger partial charge in [-0.15, -0.1) is 10.2 Å². The van der Waals surface area contributed by atoms with E-state index in [1.165, 1.54) is 0 Å². The molecule has 1 aromatic heterocycles. The van der Waals surface area contributed by atoms with Crippen molar-refractivity contribution >= 4 is 0 Å². The molecular formula is C16H21N3O2. The number of hydrogen-bond acceptors (Lipinski definition) is 5. The molecule has 0 saturated heterocycles. The largest absolute Gasteiger partial charge is 0.493 e. The normalized spacial score (nSPS) is 17.3. The monoisotopic (exact) mass is 287 g/mol. The summed E-state index contributed by atoms with van der Waals surface area (Å²) in [5.41, 5.74) is 1.14. The highest BCUT2D eigenvalue weighted by Crippen LogP contribution is 2.37. The Kier molecular flexibility index (Phi) is 4.50. The number of hydrogen-bond donors (Lipinski definition) is 1. The molecule has 0 amide bonds. The molecule has 0 bridgehead atoms. The third-order valence-corrected chi connectivity index (χ3v) is 3.68. The average molecular weight is 287 g/mol. The highest BCUT2D eigenvalue weighted by atomic mass is 16.5. The molecule has 1 aliphatic heterocycles. The van der Waals surface area contributed by atoms with Crippen LogP contribution in [0.3, 0.4) is 0 Å². The van der Waals surface area contributed by atoms with Crippen molar-refractivity contribution < 1.29 is 9.15 Å². The fraction of sp³-hybridized carbons (Fsp3) is 0.500. The van der Waals surface area contributed by atoms with Gasteiger partial charge < -0.3 is 14.5 Å². The minimum Gasteiger partial charge on any atom is -0.493 e. The highest BCUT2D eigenvalue weighted by molar-refractivity contribution is 5.40. The van der Waals surface area contributed by atoms with Crippen LogP contribution in [-0.4, -0.2) is 29.9 Å². The molecule has 0 spiro atoms. The molecule has 2 heterocycles. The van der Waals surface area contributed by atoms with Gasteiger partial charge in [0.2, 0.25) is 11.8 Å². The molecule has 5 heteroatoms. The van der Waals surface area contributed by atoms with Crippen molar-refractivity contribution in [1.82, 2.24) is 15.5 Å². The van der Waals surface area contributed by atoms with Gasteiger partial charge in [0.25, 0.3) is 0 Å². The molecule has 1 N–H and O–H groups in total. The van der Waals surface area contributed by atoms with Crippen LogP contribution in [0.5, 0.6) is 5.75 Å². The minimum atomic E-state index is 0.153. The Hall–Kier alpha value is -1.88. The van der Waals surface area contributed by atoms with E-state index in [9.17, 15) is 0 Å². The first-order valence-electron chi connectivity index (χ1n) is 7.63. The molecule has 0 fully saturated rings. The van der Waals surface area contributed by atoms with Gasteiger partial charge in [0, 0.05) is 18.5 Å². The van der Waals surface area contributed by atoms with Crippen LogP contribution in [0.1, 0.15) is 43.0 Å². The third-order valence-electron chi connectivity index (χ3n) is 3.68. The van der Waals surface area contributed by atoms with E-state index in [-0.39, 0.29) is 5.92 Å². The smallest absolute Gasteiger partial charge is 0.224 e. The van der Waals surface area contributed by atoms with Gasteiger partial charge in [-0.2, -0.15) is 0 Å². The third kappa shape index (κ3) is 3.24. The standard InChI is InChI=1S/C16H21N3O2/c1-2-9-17-10-7-15-18-19-16(21-15)13-8-11-20-14-6-4-3-5-12(13)14/h3-6,13,17H,2,7-11H2,1H3. The number of nitrogens with one attached hydrogen (secondary N) is 1. The fourth-order valence-electron chi connectivity index (χ4n) is 2.60. The van der Waals surface area contributed by atoms with Crippen molar-refractivity contribution in [3.05, 3.63) is 41.6 Å². The first kappa shape index (κ1) is 14.1. The van der Waals surface area contributed by atoms with Crippen LogP contribution in [0.4, 0.5) is 0 Å². The Morgan fingerprint density at radius 2 is 2.14 bits per heavy atom. The first-order valence-corrected chi connectivity index (χ1v) is 7.63. The second-order valence-electron chi connectivity index (χ2n) is 5.26. The van der Waals surface area contributed by atoms with Crippen LogP contribution in [0.2, 0.25) is 0 Å². The molecule has 0 radical (unpaired) electrons. The summed E-state index contributed by atoms with van der Waals surface area (Å²) in [6, 6.07) is 8.07. The Bertz CT molecular complexity index is 582. The van der Waals surface area contributed by atoms with Crippen LogP contribution in [0.15, 0.2) is 28.7 Å². The van der Waals surface area contributed by atoms with Gasteiger partial charge in [-0.05, 0) is 25.5 Å². The van der Waals surface area contributed by atoms with E-state index in [0.29, 0.717) is 18.4 Å². The van der Waals surface area contributed by atoms with Crippen LogP contribution >= 0.6 is 0 Å². The summed E-state index contributed by atoms with van der Waals surface area (Å²) < 4.78 is 11.5. The number of fused-ring (bicyclic) bond motifs is 1. The summed E-state index contributed by atoms with van der Waals surface area (Å²) >= 11 is 0. The number of aromatic nitrogens is 2. The van der Waals surface area contributed by atoms with Crippen LogP contribution < -0.4 is 10.1 Å². The summed E-state index contributed by atoms with van der Waals surface area (Å²) in [7, 11) is 0. The summed E-state index contributed by atoms with van der Waals surface area (Å²) in [5.74, 6) is 2.49. The van der Waals surface area contributed by atoms with Crippen molar-refractivity contribution in [2.75, 3.05) is 19.7 Å². The topological polar surface area (TPSA) is 60.2 Å². The van der Waals surface area contributed by atoms with Gasteiger partial charge in [0.1, 0.15) is 5.75 Å². The number of nitrogens with zero attached hydrogens (tertiary/aromatic N) is 2. The molecule has 21 heavy (non-hydrogen) atoms. The number of benzene rings is 1. The Labute approximate surface area is 124 Å². The van der Waals surface area contributed by atoms with Gasteiger partial charge in [-0.25, -0.2) is 0 Å². The molecule has 2 aromatic rings. The van der Waals surface area contributed by atoms with Gasteiger partial charge in [0.05, 0.1) is 12.5 Å². The molecular weight excluding hydrogens is 266 g/mol. The zero-order chi connectivity index (χ0) is 14.5. The van der Waals surface area contributed by atoms with Crippen LogP contribution in [0.25, 0.3) is 0 Å². The molecule has 1 aliphatic rings. The van der Waals surface area contributed by atoms with Crippen molar-refractivity contribution in [1.29, 1.82) is 0 Å². The maximum Gasteiger partial charge on any atom is 0.224 e. The predicted octanol–water partition coefficient (Wildman–Crippen LogP) is 2.53. The molecule has 0 aliphatic carbocycles. The van der Waals surface area contributed by atoms with Gasteiger partial charge >= 0.3 is 0 Å². The fourth-order valence-corrected chi connectivity index (χ4v) is 2.60. The van der Waals surface area contributed by atoms with E-state index in [0.717, 1.165) is 43.7 Å². The van der Waals surface area contributed by atoms with E-state index in [4.69, 9.17) is 9.15 Å². The van der Waals surface area contributed by atoms with Crippen molar-refractivity contribution in [2.45, 2.75) is 32.1 Å². The molecule has 1 aromatic carbocycles. The zero-order valence-corrected chi connectivity index (χ0v) is 12.3. The number of rotatable bonds is 6. The first-order chi connectivity index (χ1) is 10.4. The van der Waals surface area contributed by atoms with Gasteiger partial charge in [-0.1, -0.05) is 25.1 Å². The number of para-hydroxylation sites is 1. The van der Waals surface area contributed by atoms with E-state index in [1.54, 1.807) is 0 Å². The summed E-state index contributed by atoms with van der Waals surface area (Å²) in [6.45, 7) is 4.74. The van der Waals surface area contributed by atoms with Crippen molar-refractivity contribution in [2.24, 2.45) is 0 Å². The van der Waals surface area contributed by atoms with E-state index < -0.39 is 0 Å².